The first-order chi connectivity index (χ1) is 14.8. The summed E-state index contributed by atoms with van der Waals surface area (Å²) in [7, 11) is 0. The standard InChI is InChI=1S/C13H17NO4.C11H15NO2.6CH4/c1-8(2)5-6-18-11(15)7-14-12(16)9(3)10(4)13(14)17;1-7(2)5-6-12-10(13)8(3)9(4)11(12)14;;;;;;/h1,5-7H2,2-4H3;1,5-6H2,2-4H3;6*1H4. The number of nitrogens with zero attached hydrogens (tertiary/aromatic N) is 2. The first-order valence-corrected chi connectivity index (χ1v) is 10.3. The number of rotatable bonds is 8. The molecule has 0 fully saturated rings. The van der Waals surface area contributed by atoms with Gasteiger partial charge in [0.25, 0.3) is 23.6 Å². The maximum absolute atomic E-state index is 11.7. The third-order valence-electron chi connectivity index (χ3n) is 5.23. The van der Waals surface area contributed by atoms with Gasteiger partial charge in [-0.05, 0) is 48.0 Å². The van der Waals surface area contributed by atoms with Crippen molar-refractivity contribution >= 4 is 29.6 Å². The van der Waals surface area contributed by atoms with Gasteiger partial charge in [0.1, 0.15) is 6.54 Å². The van der Waals surface area contributed by atoms with Gasteiger partial charge in [0, 0.05) is 35.3 Å². The molecule has 8 nitrogen and oxygen atoms in total. The predicted molar refractivity (Wildman–Crippen MR) is 160 cm³/mol. The molecular formula is C30H56N2O6. The van der Waals surface area contributed by atoms with Crippen molar-refractivity contribution in [3.8, 4) is 0 Å². The third-order valence-corrected chi connectivity index (χ3v) is 5.23. The van der Waals surface area contributed by atoms with E-state index >= 15 is 0 Å². The van der Waals surface area contributed by atoms with E-state index in [0.29, 0.717) is 41.7 Å². The second kappa shape index (κ2) is 20.7. The maximum atomic E-state index is 11.7. The maximum Gasteiger partial charge on any atom is 0.326 e. The smallest absolute Gasteiger partial charge is 0.326 e. The lowest BCUT2D eigenvalue weighted by Crippen LogP contribution is -2.37. The van der Waals surface area contributed by atoms with E-state index in [2.05, 4.69) is 13.2 Å². The first-order valence-electron chi connectivity index (χ1n) is 10.3. The first kappa shape index (κ1) is 47.9. The minimum Gasteiger partial charge on any atom is -0.464 e. The molecule has 0 saturated heterocycles. The van der Waals surface area contributed by atoms with E-state index in [0.717, 1.165) is 16.0 Å². The molecule has 0 bridgehead atoms. The molecule has 0 radical (unpaired) electrons. The molecule has 0 N–H and O–H groups in total. The number of esters is 1. The lowest BCUT2D eigenvalue weighted by molar-refractivity contribution is -0.151. The van der Waals surface area contributed by atoms with Gasteiger partial charge in [-0.25, -0.2) is 0 Å². The molecular weight excluding hydrogens is 484 g/mol. The van der Waals surface area contributed by atoms with Crippen LogP contribution in [0.3, 0.4) is 0 Å². The zero-order chi connectivity index (χ0) is 24.7. The van der Waals surface area contributed by atoms with Crippen LogP contribution >= 0.6 is 0 Å². The molecule has 222 valence electrons. The Labute approximate surface area is 233 Å². The van der Waals surface area contributed by atoms with Crippen molar-refractivity contribution in [2.24, 2.45) is 0 Å². The van der Waals surface area contributed by atoms with Crippen LogP contribution in [0.4, 0.5) is 0 Å². The molecule has 0 aromatic heterocycles. The summed E-state index contributed by atoms with van der Waals surface area (Å²) in [5, 5.41) is 0. The summed E-state index contributed by atoms with van der Waals surface area (Å²) < 4.78 is 4.92. The van der Waals surface area contributed by atoms with Gasteiger partial charge < -0.3 is 4.74 Å². The van der Waals surface area contributed by atoms with Crippen LogP contribution in [0.25, 0.3) is 0 Å². The van der Waals surface area contributed by atoms with Crippen molar-refractivity contribution in [3.63, 3.8) is 0 Å². The number of amides is 4. The molecule has 0 atom stereocenters. The van der Waals surface area contributed by atoms with Gasteiger partial charge in [0.15, 0.2) is 0 Å². The molecule has 2 heterocycles. The number of ether oxygens (including phenoxy) is 1. The van der Waals surface area contributed by atoms with Crippen molar-refractivity contribution in [2.45, 2.75) is 98.9 Å². The molecule has 2 aliphatic rings. The van der Waals surface area contributed by atoms with Gasteiger partial charge in [-0.3, -0.25) is 33.8 Å². The fourth-order valence-corrected chi connectivity index (χ4v) is 2.80. The summed E-state index contributed by atoms with van der Waals surface area (Å²) in [6.45, 7) is 18.0. The Balaban J connectivity index is -0.000000119. The molecule has 4 amide bonds. The van der Waals surface area contributed by atoms with Crippen LogP contribution in [0.2, 0.25) is 0 Å². The van der Waals surface area contributed by atoms with Crippen LogP contribution in [0.1, 0.15) is 98.9 Å². The topological polar surface area (TPSA) is 101 Å². The van der Waals surface area contributed by atoms with Crippen LogP contribution in [-0.4, -0.2) is 59.1 Å². The van der Waals surface area contributed by atoms with E-state index in [9.17, 15) is 24.0 Å². The van der Waals surface area contributed by atoms with Crippen LogP contribution in [-0.2, 0) is 28.7 Å². The highest BCUT2D eigenvalue weighted by molar-refractivity contribution is 6.20. The van der Waals surface area contributed by atoms with Gasteiger partial charge in [0.2, 0.25) is 0 Å². The molecule has 0 spiro atoms. The Bertz CT molecular complexity index is 892. The highest BCUT2D eigenvalue weighted by atomic mass is 16.5. The third kappa shape index (κ3) is 12.3. The van der Waals surface area contributed by atoms with Crippen LogP contribution in [0.5, 0.6) is 0 Å². The summed E-state index contributed by atoms with van der Waals surface area (Å²) in [4.78, 5) is 60.1. The SMILES string of the molecule is C.C.C.C.C.C.C=C(C)CCN1C(=O)C(C)=C(C)C1=O.C=C(C)CCOC(=O)CN1C(=O)C(C)=C(C)C1=O. The van der Waals surface area contributed by atoms with Crippen molar-refractivity contribution in [3.05, 3.63) is 46.6 Å². The van der Waals surface area contributed by atoms with Crippen molar-refractivity contribution in [1.29, 1.82) is 0 Å². The number of carbonyl (C=O) groups is 5. The zero-order valence-corrected chi connectivity index (χ0v) is 19.8. The quantitative estimate of drug-likeness (QED) is 0.193. The van der Waals surface area contributed by atoms with Gasteiger partial charge >= 0.3 is 5.97 Å². The highest BCUT2D eigenvalue weighted by Crippen LogP contribution is 2.20. The normalized spacial score (nSPS) is 13.5. The van der Waals surface area contributed by atoms with Crippen LogP contribution in [0.15, 0.2) is 46.6 Å². The van der Waals surface area contributed by atoms with E-state index in [-0.39, 0.29) is 69.5 Å². The van der Waals surface area contributed by atoms with E-state index in [1.54, 1.807) is 27.7 Å². The summed E-state index contributed by atoms with van der Waals surface area (Å²) >= 11 is 0. The number of hydrogen-bond acceptors (Lipinski definition) is 6. The minimum absolute atomic E-state index is 0. The molecule has 0 unspecified atom stereocenters. The summed E-state index contributed by atoms with van der Waals surface area (Å²) in [5.41, 5.74) is 3.79. The van der Waals surface area contributed by atoms with Gasteiger partial charge in [-0.1, -0.05) is 55.7 Å². The highest BCUT2D eigenvalue weighted by Gasteiger charge is 2.35. The lowest BCUT2D eigenvalue weighted by atomic mass is 10.2. The van der Waals surface area contributed by atoms with Crippen LogP contribution < -0.4 is 0 Å². The van der Waals surface area contributed by atoms with E-state index < -0.39 is 17.8 Å². The molecule has 2 rings (SSSR count). The lowest BCUT2D eigenvalue weighted by Gasteiger charge is -2.14. The van der Waals surface area contributed by atoms with Gasteiger partial charge in [-0.15, -0.1) is 13.2 Å². The van der Waals surface area contributed by atoms with Crippen molar-refractivity contribution < 1.29 is 28.7 Å². The Kier molecular flexibility index (Phi) is 26.1. The van der Waals surface area contributed by atoms with E-state index in [1.165, 1.54) is 4.90 Å². The van der Waals surface area contributed by atoms with Crippen molar-refractivity contribution in [2.75, 3.05) is 19.7 Å². The molecule has 2 aliphatic heterocycles. The van der Waals surface area contributed by atoms with E-state index in [1.807, 2.05) is 13.8 Å². The van der Waals surface area contributed by atoms with Crippen LogP contribution in [0, 0.1) is 0 Å². The number of carbonyl (C=O) groups excluding carboxylic acids is 5. The summed E-state index contributed by atoms with van der Waals surface area (Å²) in [6, 6.07) is 0. The molecule has 0 aromatic carbocycles. The molecule has 8 heteroatoms. The van der Waals surface area contributed by atoms with Crippen molar-refractivity contribution in [1.82, 2.24) is 9.80 Å². The summed E-state index contributed by atoms with van der Waals surface area (Å²) in [5.74, 6) is -1.74. The average Bonchev–Trinajstić information content (AvgIpc) is 3.01. The van der Waals surface area contributed by atoms with Gasteiger partial charge in [-0.2, -0.15) is 0 Å². The monoisotopic (exact) mass is 540 g/mol. The molecule has 0 aromatic rings. The Morgan fingerprint density at radius 3 is 1.26 bits per heavy atom. The Hall–Kier alpha value is -3.29. The average molecular weight is 541 g/mol. The fourth-order valence-electron chi connectivity index (χ4n) is 2.80. The molecule has 38 heavy (non-hydrogen) atoms. The Morgan fingerprint density at radius 1 is 0.632 bits per heavy atom. The number of imide groups is 2. The number of hydrogen-bond donors (Lipinski definition) is 0. The second-order valence-electron chi connectivity index (χ2n) is 8.09. The summed E-state index contributed by atoms with van der Waals surface area (Å²) in [6.07, 6.45) is 1.25. The minimum atomic E-state index is -0.583. The second-order valence-corrected chi connectivity index (χ2v) is 8.09. The van der Waals surface area contributed by atoms with Gasteiger partial charge in [0.05, 0.1) is 6.61 Å². The zero-order valence-electron chi connectivity index (χ0n) is 19.8. The largest absolute Gasteiger partial charge is 0.464 e. The molecule has 0 aliphatic carbocycles. The Morgan fingerprint density at radius 2 is 0.947 bits per heavy atom. The fraction of sp³-hybridized carbons (Fsp3) is 0.567. The van der Waals surface area contributed by atoms with E-state index in [4.69, 9.17) is 4.74 Å². The molecule has 0 saturated carbocycles. The predicted octanol–water partition coefficient (Wildman–Crippen LogP) is 6.68.